The molecule has 0 unspecified atom stereocenters. The molecule has 0 spiro atoms. The lowest BCUT2D eigenvalue weighted by atomic mass is 10.1. The number of nitrogens with zero attached hydrogens (tertiary/aromatic N) is 4. The maximum atomic E-state index is 5.28. The summed E-state index contributed by atoms with van der Waals surface area (Å²) in [7, 11) is 1.69. The van der Waals surface area contributed by atoms with E-state index in [4.69, 9.17) is 4.74 Å². The monoisotopic (exact) mass is 323 g/mol. The zero-order valence-corrected chi connectivity index (χ0v) is 13.8. The summed E-state index contributed by atoms with van der Waals surface area (Å²) in [5.41, 5.74) is 3.41. The topological polar surface area (TPSA) is 57.3 Å². The Hall–Kier alpha value is -2.60. The van der Waals surface area contributed by atoms with Crippen LogP contribution < -0.4 is 9.64 Å². The van der Waals surface area contributed by atoms with E-state index in [0.29, 0.717) is 0 Å². The number of piperazine rings is 1. The second kappa shape index (κ2) is 6.49. The Balaban J connectivity index is 1.42. The lowest BCUT2D eigenvalue weighted by Gasteiger charge is -2.36. The Morgan fingerprint density at radius 3 is 2.88 bits per heavy atom. The number of H-pyrrole nitrogens is 1. The first-order valence-electron chi connectivity index (χ1n) is 8.22. The van der Waals surface area contributed by atoms with Crippen molar-refractivity contribution in [2.45, 2.75) is 6.54 Å². The Morgan fingerprint density at radius 1 is 1.17 bits per heavy atom. The lowest BCUT2D eigenvalue weighted by Crippen LogP contribution is -2.46. The number of anilines is 1. The van der Waals surface area contributed by atoms with Gasteiger partial charge in [-0.1, -0.05) is 6.07 Å². The minimum Gasteiger partial charge on any atom is -0.497 e. The van der Waals surface area contributed by atoms with Crippen LogP contribution in [0.3, 0.4) is 0 Å². The van der Waals surface area contributed by atoms with Gasteiger partial charge in [0.25, 0.3) is 0 Å². The van der Waals surface area contributed by atoms with E-state index in [2.05, 4.69) is 43.2 Å². The minimum atomic E-state index is 0.862. The molecule has 0 bridgehead atoms. The number of hydrogen-bond acceptors (Lipinski definition) is 5. The summed E-state index contributed by atoms with van der Waals surface area (Å²) in [6, 6.07) is 10.2. The Kier molecular flexibility index (Phi) is 4.04. The second-order valence-corrected chi connectivity index (χ2v) is 6.06. The van der Waals surface area contributed by atoms with Gasteiger partial charge in [-0.25, -0.2) is 0 Å². The first-order chi connectivity index (χ1) is 11.8. The van der Waals surface area contributed by atoms with Gasteiger partial charge in [-0.2, -0.15) is 5.10 Å². The highest BCUT2D eigenvalue weighted by atomic mass is 16.5. The molecule has 0 atom stereocenters. The molecule has 3 aromatic rings. The zero-order valence-electron chi connectivity index (χ0n) is 13.8. The SMILES string of the molecule is COc1ccnc(CN2CCN(c3cccc4[nH]ncc34)CC2)c1. The molecule has 1 aliphatic rings. The summed E-state index contributed by atoms with van der Waals surface area (Å²) in [4.78, 5) is 9.32. The highest BCUT2D eigenvalue weighted by molar-refractivity contribution is 5.91. The van der Waals surface area contributed by atoms with Gasteiger partial charge in [0.05, 0.1) is 24.5 Å². The van der Waals surface area contributed by atoms with E-state index in [0.717, 1.165) is 49.7 Å². The number of rotatable bonds is 4. The van der Waals surface area contributed by atoms with E-state index in [1.807, 2.05) is 24.5 Å². The van der Waals surface area contributed by atoms with Gasteiger partial charge >= 0.3 is 0 Å². The van der Waals surface area contributed by atoms with Crippen molar-refractivity contribution in [1.29, 1.82) is 0 Å². The molecule has 0 saturated carbocycles. The summed E-state index contributed by atoms with van der Waals surface area (Å²) in [5, 5.41) is 8.40. The fraction of sp³-hybridized carbons (Fsp3) is 0.333. The molecule has 1 aromatic carbocycles. The number of nitrogens with one attached hydrogen (secondary N) is 1. The van der Waals surface area contributed by atoms with Crippen LogP contribution in [-0.2, 0) is 6.54 Å². The predicted molar refractivity (Wildman–Crippen MR) is 94.4 cm³/mol. The fourth-order valence-electron chi connectivity index (χ4n) is 3.27. The van der Waals surface area contributed by atoms with E-state index < -0.39 is 0 Å². The van der Waals surface area contributed by atoms with Crippen molar-refractivity contribution in [3.8, 4) is 5.75 Å². The average Bonchev–Trinajstić information content (AvgIpc) is 3.11. The first-order valence-corrected chi connectivity index (χ1v) is 8.22. The van der Waals surface area contributed by atoms with Crippen LogP contribution >= 0.6 is 0 Å². The van der Waals surface area contributed by atoms with Gasteiger partial charge < -0.3 is 9.64 Å². The van der Waals surface area contributed by atoms with Crippen LogP contribution in [0.5, 0.6) is 5.75 Å². The van der Waals surface area contributed by atoms with Crippen LogP contribution in [-0.4, -0.2) is 53.4 Å². The molecule has 1 saturated heterocycles. The lowest BCUT2D eigenvalue weighted by molar-refractivity contribution is 0.247. The van der Waals surface area contributed by atoms with Gasteiger partial charge in [0.15, 0.2) is 0 Å². The summed E-state index contributed by atoms with van der Waals surface area (Å²) in [5.74, 6) is 0.866. The third-order valence-electron chi connectivity index (χ3n) is 4.58. The number of aromatic nitrogens is 3. The number of aromatic amines is 1. The molecule has 0 radical (unpaired) electrons. The van der Waals surface area contributed by atoms with Gasteiger partial charge in [-0.05, 0) is 18.2 Å². The Labute approximate surface area is 141 Å². The molecule has 2 aromatic heterocycles. The molecule has 6 nitrogen and oxygen atoms in total. The largest absolute Gasteiger partial charge is 0.497 e. The van der Waals surface area contributed by atoms with E-state index in [-0.39, 0.29) is 0 Å². The fourth-order valence-corrected chi connectivity index (χ4v) is 3.27. The smallest absolute Gasteiger partial charge is 0.122 e. The van der Waals surface area contributed by atoms with Gasteiger partial charge in [-0.15, -0.1) is 0 Å². The molecule has 3 heterocycles. The third-order valence-corrected chi connectivity index (χ3v) is 4.58. The number of benzene rings is 1. The maximum absolute atomic E-state index is 5.28. The molecule has 24 heavy (non-hydrogen) atoms. The number of ether oxygens (including phenoxy) is 1. The Morgan fingerprint density at radius 2 is 2.04 bits per heavy atom. The highest BCUT2D eigenvalue weighted by Gasteiger charge is 2.19. The molecule has 124 valence electrons. The summed E-state index contributed by atoms with van der Waals surface area (Å²) >= 11 is 0. The molecular formula is C18H21N5O. The molecule has 0 aliphatic carbocycles. The predicted octanol–water partition coefficient (Wildman–Crippen LogP) is 2.29. The van der Waals surface area contributed by atoms with Crippen LogP contribution in [0, 0.1) is 0 Å². The quantitative estimate of drug-likeness (QED) is 0.798. The zero-order chi connectivity index (χ0) is 16.4. The number of hydrogen-bond donors (Lipinski definition) is 1. The summed E-state index contributed by atoms with van der Waals surface area (Å²) < 4.78 is 5.28. The molecule has 1 fully saturated rings. The van der Waals surface area contributed by atoms with E-state index >= 15 is 0 Å². The first kappa shape index (κ1) is 15.0. The van der Waals surface area contributed by atoms with E-state index in [9.17, 15) is 0 Å². The van der Waals surface area contributed by atoms with Crippen molar-refractivity contribution in [3.63, 3.8) is 0 Å². The minimum absolute atomic E-state index is 0.862. The second-order valence-electron chi connectivity index (χ2n) is 6.06. The van der Waals surface area contributed by atoms with Crippen molar-refractivity contribution in [1.82, 2.24) is 20.1 Å². The van der Waals surface area contributed by atoms with E-state index in [1.54, 1.807) is 7.11 Å². The van der Waals surface area contributed by atoms with Crippen molar-refractivity contribution in [2.75, 3.05) is 38.2 Å². The third kappa shape index (κ3) is 2.92. The van der Waals surface area contributed by atoms with Crippen LogP contribution in [0.15, 0.2) is 42.7 Å². The van der Waals surface area contributed by atoms with Gasteiger partial charge in [0.1, 0.15) is 5.75 Å². The van der Waals surface area contributed by atoms with E-state index in [1.165, 1.54) is 11.1 Å². The number of fused-ring (bicyclic) bond motifs is 1. The number of pyridine rings is 1. The van der Waals surface area contributed by atoms with Crippen LogP contribution in [0.2, 0.25) is 0 Å². The standard InChI is InChI=1S/C18H21N5O/c1-24-15-5-6-19-14(11-15)13-22-7-9-23(10-8-22)18-4-2-3-17-16(18)12-20-21-17/h2-6,11-12H,7-10,13H2,1H3,(H,20,21). The molecular weight excluding hydrogens is 302 g/mol. The van der Waals surface area contributed by atoms with Gasteiger partial charge in [0, 0.05) is 56.1 Å². The summed E-state index contributed by atoms with van der Waals surface area (Å²) in [6.45, 7) is 4.92. The maximum Gasteiger partial charge on any atom is 0.122 e. The highest BCUT2D eigenvalue weighted by Crippen LogP contribution is 2.26. The van der Waals surface area contributed by atoms with Crippen LogP contribution in [0.25, 0.3) is 10.9 Å². The van der Waals surface area contributed by atoms with Gasteiger partial charge in [0.2, 0.25) is 0 Å². The normalized spacial score (nSPS) is 15.8. The molecule has 1 N–H and O–H groups in total. The van der Waals surface area contributed by atoms with Crippen molar-refractivity contribution in [2.24, 2.45) is 0 Å². The summed E-state index contributed by atoms with van der Waals surface area (Å²) in [6.07, 6.45) is 3.72. The molecule has 1 aliphatic heterocycles. The molecule has 6 heteroatoms. The molecule has 4 rings (SSSR count). The van der Waals surface area contributed by atoms with Crippen molar-refractivity contribution >= 4 is 16.6 Å². The van der Waals surface area contributed by atoms with Crippen molar-refractivity contribution in [3.05, 3.63) is 48.4 Å². The van der Waals surface area contributed by atoms with Gasteiger partial charge in [-0.3, -0.25) is 15.0 Å². The van der Waals surface area contributed by atoms with Crippen LogP contribution in [0.4, 0.5) is 5.69 Å². The average molecular weight is 323 g/mol. The Bertz CT molecular complexity index is 823. The van der Waals surface area contributed by atoms with Crippen LogP contribution in [0.1, 0.15) is 5.69 Å². The number of methoxy groups -OCH3 is 1. The molecule has 0 amide bonds. The van der Waals surface area contributed by atoms with Crippen molar-refractivity contribution < 1.29 is 4.74 Å².